The summed E-state index contributed by atoms with van der Waals surface area (Å²) >= 11 is 3.31. The van der Waals surface area contributed by atoms with Gasteiger partial charge in [0.25, 0.3) is 0 Å². The number of aliphatic carboxylic acids is 1. The van der Waals surface area contributed by atoms with Gasteiger partial charge in [0, 0.05) is 5.25 Å². The van der Waals surface area contributed by atoms with E-state index in [4.69, 9.17) is 5.11 Å². The Kier molecular flexibility index (Phi) is 5.50. The molecule has 0 radical (unpaired) electrons. The van der Waals surface area contributed by atoms with Crippen molar-refractivity contribution in [3.8, 4) is 0 Å². The van der Waals surface area contributed by atoms with Crippen LogP contribution >= 0.6 is 23.1 Å². The molecule has 0 saturated heterocycles. The van der Waals surface area contributed by atoms with Crippen LogP contribution in [0.15, 0.2) is 34.4 Å². The third-order valence-corrected chi connectivity index (χ3v) is 4.22. The summed E-state index contributed by atoms with van der Waals surface area (Å²) in [4.78, 5) is 10.7. The summed E-state index contributed by atoms with van der Waals surface area (Å²) in [5, 5.41) is 10.9. The number of thioether (sulfide) groups is 1. The van der Waals surface area contributed by atoms with Crippen LogP contribution in [0.4, 0.5) is 0 Å². The van der Waals surface area contributed by atoms with Gasteiger partial charge in [-0.1, -0.05) is 12.1 Å². The van der Waals surface area contributed by atoms with Crippen molar-refractivity contribution >= 4 is 29.1 Å². The Hall–Kier alpha value is -0.740. The zero-order valence-electron chi connectivity index (χ0n) is 8.39. The zero-order valence-corrected chi connectivity index (χ0v) is 10.0. The fourth-order valence-electron chi connectivity index (χ4n) is 1.20. The van der Waals surface area contributed by atoms with Crippen molar-refractivity contribution < 1.29 is 9.90 Å². The van der Waals surface area contributed by atoms with E-state index in [0.29, 0.717) is 0 Å². The molecule has 0 aliphatic heterocycles. The molecular formula is C11H14O2S2. The van der Waals surface area contributed by atoms with Gasteiger partial charge in [-0.05, 0) is 24.3 Å². The highest BCUT2D eigenvalue weighted by Gasteiger charge is 2.14. The van der Waals surface area contributed by atoms with E-state index in [0.717, 1.165) is 12.8 Å². The first-order valence-electron chi connectivity index (χ1n) is 4.75. The molecule has 2 nitrogen and oxygen atoms in total. The number of thiophene rings is 1. The first-order chi connectivity index (χ1) is 7.22. The van der Waals surface area contributed by atoms with Crippen molar-refractivity contribution in [1.29, 1.82) is 0 Å². The van der Waals surface area contributed by atoms with Gasteiger partial charge in [-0.25, -0.2) is 0 Å². The molecule has 0 unspecified atom stereocenters. The van der Waals surface area contributed by atoms with Gasteiger partial charge < -0.3 is 5.11 Å². The van der Waals surface area contributed by atoms with Crippen molar-refractivity contribution in [1.82, 2.24) is 0 Å². The lowest BCUT2D eigenvalue weighted by Gasteiger charge is -2.11. The topological polar surface area (TPSA) is 37.3 Å². The molecule has 82 valence electrons. The summed E-state index contributed by atoms with van der Waals surface area (Å²) in [6, 6.07) is 4.01. The standard InChI is InChI=1S/C11H14O2S2/c1-2-3-5-9(8-10(12)13)15-11-6-4-7-14-11/h2,4,6-7,9H,1,3,5,8H2,(H,12,13)/t9-/m0/s1. The first-order valence-corrected chi connectivity index (χ1v) is 6.51. The third-order valence-electron chi connectivity index (χ3n) is 1.87. The Labute approximate surface area is 98.0 Å². The molecule has 0 amide bonds. The number of allylic oxidation sites excluding steroid dienone is 1. The highest BCUT2D eigenvalue weighted by Crippen LogP contribution is 2.31. The van der Waals surface area contributed by atoms with E-state index in [1.807, 2.05) is 23.6 Å². The molecule has 0 spiro atoms. The van der Waals surface area contributed by atoms with Gasteiger partial charge in [-0.3, -0.25) is 4.79 Å². The van der Waals surface area contributed by atoms with E-state index in [2.05, 4.69) is 6.58 Å². The number of rotatable bonds is 7. The summed E-state index contributed by atoms with van der Waals surface area (Å²) in [7, 11) is 0. The lowest BCUT2D eigenvalue weighted by atomic mass is 10.2. The number of hydrogen-bond donors (Lipinski definition) is 1. The Morgan fingerprint density at radius 3 is 3.07 bits per heavy atom. The average molecular weight is 242 g/mol. The Bertz CT molecular complexity index is 306. The maximum Gasteiger partial charge on any atom is 0.304 e. The van der Waals surface area contributed by atoms with Crippen molar-refractivity contribution in [3.63, 3.8) is 0 Å². The van der Waals surface area contributed by atoms with Crippen LogP contribution in [0.2, 0.25) is 0 Å². The second kappa shape index (κ2) is 6.69. The maximum absolute atomic E-state index is 10.7. The van der Waals surface area contributed by atoms with Crippen molar-refractivity contribution in [2.24, 2.45) is 0 Å². The summed E-state index contributed by atoms with van der Waals surface area (Å²) < 4.78 is 1.19. The molecule has 0 saturated carbocycles. The van der Waals surface area contributed by atoms with Gasteiger partial charge in [0.1, 0.15) is 0 Å². The smallest absolute Gasteiger partial charge is 0.304 e. The summed E-state index contributed by atoms with van der Waals surface area (Å²) in [5.41, 5.74) is 0. The van der Waals surface area contributed by atoms with E-state index in [9.17, 15) is 4.79 Å². The molecule has 15 heavy (non-hydrogen) atoms. The van der Waals surface area contributed by atoms with Crippen LogP contribution in [0.1, 0.15) is 19.3 Å². The highest BCUT2D eigenvalue weighted by molar-refractivity contribution is 8.01. The molecule has 0 aliphatic rings. The summed E-state index contributed by atoms with van der Waals surface area (Å²) in [5.74, 6) is -0.729. The minimum absolute atomic E-state index is 0.152. The molecule has 1 heterocycles. The van der Waals surface area contributed by atoms with Crippen LogP contribution in [-0.2, 0) is 4.79 Å². The minimum Gasteiger partial charge on any atom is -0.481 e. The van der Waals surface area contributed by atoms with Crippen LogP contribution in [0, 0.1) is 0 Å². The van der Waals surface area contributed by atoms with Gasteiger partial charge in [0.2, 0.25) is 0 Å². The predicted octanol–water partition coefficient (Wildman–Crippen LogP) is 3.65. The van der Waals surface area contributed by atoms with E-state index >= 15 is 0 Å². The van der Waals surface area contributed by atoms with Crippen LogP contribution in [-0.4, -0.2) is 16.3 Å². The van der Waals surface area contributed by atoms with Gasteiger partial charge in [-0.15, -0.1) is 29.7 Å². The number of hydrogen-bond acceptors (Lipinski definition) is 3. The van der Waals surface area contributed by atoms with Gasteiger partial charge >= 0.3 is 5.97 Å². The molecule has 1 N–H and O–H groups in total. The average Bonchev–Trinajstić information content (AvgIpc) is 2.66. The highest BCUT2D eigenvalue weighted by atomic mass is 32.2. The van der Waals surface area contributed by atoms with Gasteiger partial charge in [0.05, 0.1) is 10.6 Å². The molecule has 1 rings (SSSR count). The van der Waals surface area contributed by atoms with Gasteiger partial charge in [-0.2, -0.15) is 0 Å². The fourth-order valence-corrected chi connectivity index (χ4v) is 3.41. The Balaban J connectivity index is 2.47. The van der Waals surface area contributed by atoms with E-state index < -0.39 is 5.97 Å². The zero-order chi connectivity index (χ0) is 11.1. The predicted molar refractivity (Wildman–Crippen MR) is 65.6 cm³/mol. The summed E-state index contributed by atoms with van der Waals surface area (Å²) in [6.07, 6.45) is 3.80. The Morgan fingerprint density at radius 2 is 2.53 bits per heavy atom. The molecule has 0 aromatic carbocycles. The van der Waals surface area contributed by atoms with Crippen LogP contribution in [0.25, 0.3) is 0 Å². The molecule has 4 heteroatoms. The van der Waals surface area contributed by atoms with Crippen LogP contribution in [0.5, 0.6) is 0 Å². The molecule has 1 atom stereocenters. The largest absolute Gasteiger partial charge is 0.481 e. The Morgan fingerprint density at radius 1 is 1.73 bits per heavy atom. The number of carboxylic acids is 1. The fraction of sp³-hybridized carbons (Fsp3) is 0.364. The second-order valence-electron chi connectivity index (χ2n) is 3.14. The van der Waals surface area contributed by atoms with E-state index in [-0.39, 0.29) is 11.7 Å². The van der Waals surface area contributed by atoms with Crippen molar-refractivity contribution in [3.05, 3.63) is 30.2 Å². The maximum atomic E-state index is 10.7. The van der Waals surface area contributed by atoms with Crippen LogP contribution in [0.3, 0.4) is 0 Å². The normalized spacial score (nSPS) is 12.3. The number of carbonyl (C=O) groups is 1. The van der Waals surface area contributed by atoms with E-state index in [1.54, 1.807) is 23.1 Å². The lowest BCUT2D eigenvalue weighted by molar-refractivity contribution is -0.137. The van der Waals surface area contributed by atoms with Gasteiger partial charge in [0.15, 0.2) is 0 Å². The monoisotopic (exact) mass is 242 g/mol. The molecule has 0 fully saturated rings. The SMILES string of the molecule is C=CCC[C@@H](CC(=O)O)Sc1cccs1. The lowest BCUT2D eigenvalue weighted by Crippen LogP contribution is -2.09. The van der Waals surface area contributed by atoms with Crippen molar-refractivity contribution in [2.75, 3.05) is 0 Å². The van der Waals surface area contributed by atoms with Crippen molar-refractivity contribution in [2.45, 2.75) is 28.7 Å². The number of carboxylic acid groups (broad SMARTS) is 1. The molecular weight excluding hydrogens is 228 g/mol. The molecule has 0 bridgehead atoms. The minimum atomic E-state index is -0.729. The first kappa shape index (κ1) is 12.3. The summed E-state index contributed by atoms with van der Waals surface area (Å²) in [6.45, 7) is 3.65. The quantitative estimate of drug-likeness (QED) is 0.586. The molecule has 1 aromatic heterocycles. The second-order valence-corrected chi connectivity index (χ2v) is 5.68. The molecule has 0 aliphatic carbocycles. The molecule has 1 aromatic rings. The van der Waals surface area contributed by atoms with E-state index in [1.165, 1.54) is 4.21 Å². The third kappa shape index (κ3) is 5.04. The van der Waals surface area contributed by atoms with Crippen LogP contribution < -0.4 is 0 Å².